The first-order chi connectivity index (χ1) is 13.5. The molecule has 1 unspecified atom stereocenters. The zero-order valence-electron chi connectivity index (χ0n) is 17.1. The van der Waals surface area contributed by atoms with Crippen molar-refractivity contribution in [3.05, 3.63) is 29.3 Å². The Morgan fingerprint density at radius 3 is 2.79 bits per heavy atom. The largest absolute Gasteiger partial charge is 0.496 e. The summed E-state index contributed by atoms with van der Waals surface area (Å²) in [5, 5.41) is 6.34. The number of carbonyl (C=O) groups is 2. The molecule has 2 heterocycles. The van der Waals surface area contributed by atoms with Gasteiger partial charge in [-0.3, -0.25) is 9.79 Å². The summed E-state index contributed by atoms with van der Waals surface area (Å²) in [5.74, 6) is 0.989. The maximum atomic E-state index is 12.0. The Balaban J connectivity index is 0.00000300. The van der Waals surface area contributed by atoms with Gasteiger partial charge in [0.25, 0.3) is 0 Å². The van der Waals surface area contributed by atoms with Gasteiger partial charge in [0.15, 0.2) is 5.96 Å². The minimum Gasteiger partial charge on any atom is -0.496 e. The van der Waals surface area contributed by atoms with Crippen molar-refractivity contribution in [3.63, 3.8) is 0 Å². The number of nitrogens with zero attached hydrogens (tertiary/aromatic N) is 2. The molecule has 0 aliphatic carbocycles. The number of ether oxygens (including phenoxy) is 2. The molecule has 9 heteroatoms. The molecule has 0 aromatic heterocycles. The van der Waals surface area contributed by atoms with Crippen molar-refractivity contribution < 1.29 is 19.1 Å². The Labute approximate surface area is 188 Å². The van der Waals surface area contributed by atoms with Gasteiger partial charge >= 0.3 is 5.97 Å². The molecule has 3 rings (SSSR count). The molecule has 2 fully saturated rings. The van der Waals surface area contributed by atoms with Crippen LogP contribution in [0.25, 0.3) is 0 Å². The van der Waals surface area contributed by atoms with Gasteiger partial charge in [-0.25, -0.2) is 4.79 Å². The van der Waals surface area contributed by atoms with Crippen molar-refractivity contribution in [2.24, 2.45) is 10.4 Å². The number of nitrogens with one attached hydrogen (secondary N) is 2. The van der Waals surface area contributed by atoms with Gasteiger partial charge in [0.05, 0.1) is 14.2 Å². The van der Waals surface area contributed by atoms with Crippen molar-refractivity contribution >= 4 is 41.8 Å². The van der Waals surface area contributed by atoms with Crippen LogP contribution in [-0.4, -0.2) is 63.6 Å². The standard InChI is InChI=1S/C20H28N4O4.HI/c1-21-19(24-8-4-7-20(13-24)10-17(25)23-12-20)22-11-14-5-6-16(27-2)15(9-14)18(26)28-3;/h5-6,9H,4,7-8,10-13H2,1-3H3,(H,21,22)(H,23,25);1H. The van der Waals surface area contributed by atoms with Crippen molar-refractivity contribution in [1.82, 2.24) is 15.5 Å². The molecular formula is C20H29IN4O4. The molecule has 0 bridgehead atoms. The molecule has 1 atom stereocenters. The number of carbonyl (C=O) groups excluding carboxylic acids is 2. The minimum atomic E-state index is -0.431. The molecule has 0 radical (unpaired) electrons. The molecular weight excluding hydrogens is 487 g/mol. The summed E-state index contributed by atoms with van der Waals surface area (Å²) in [6.45, 7) is 2.97. The van der Waals surface area contributed by atoms with E-state index in [0.29, 0.717) is 24.3 Å². The van der Waals surface area contributed by atoms with Crippen LogP contribution in [0.2, 0.25) is 0 Å². The lowest BCUT2D eigenvalue weighted by Crippen LogP contribution is -2.51. The Morgan fingerprint density at radius 1 is 1.38 bits per heavy atom. The predicted octanol–water partition coefficient (Wildman–Crippen LogP) is 1.78. The van der Waals surface area contributed by atoms with Crippen molar-refractivity contribution in [2.45, 2.75) is 25.8 Å². The quantitative estimate of drug-likeness (QED) is 0.275. The van der Waals surface area contributed by atoms with Crippen LogP contribution in [0.4, 0.5) is 0 Å². The highest BCUT2D eigenvalue weighted by Gasteiger charge is 2.42. The van der Waals surface area contributed by atoms with Crippen LogP contribution in [0, 0.1) is 5.41 Å². The smallest absolute Gasteiger partial charge is 0.341 e. The van der Waals surface area contributed by atoms with E-state index in [1.165, 1.54) is 14.2 Å². The molecule has 8 nitrogen and oxygen atoms in total. The number of esters is 1. The van der Waals surface area contributed by atoms with E-state index in [2.05, 4.69) is 20.5 Å². The van der Waals surface area contributed by atoms with Crippen LogP contribution >= 0.6 is 24.0 Å². The molecule has 1 amide bonds. The molecule has 1 aromatic rings. The fourth-order valence-corrected chi connectivity index (χ4v) is 4.08. The van der Waals surface area contributed by atoms with Crippen LogP contribution in [0.15, 0.2) is 23.2 Å². The second-order valence-electron chi connectivity index (χ2n) is 7.41. The Hall–Kier alpha value is -2.04. The van der Waals surface area contributed by atoms with E-state index >= 15 is 0 Å². The molecule has 160 valence electrons. The second-order valence-corrected chi connectivity index (χ2v) is 7.41. The van der Waals surface area contributed by atoms with Crippen LogP contribution in [0.1, 0.15) is 35.2 Å². The van der Waals surface area contributed by atoms with Gasteiger partial charge in [-0.15, -0.1) is 24.0 Å². The fraction of sp³-hybridized carbons (Fsp3) is 0.550. The van der Waals surface area contributed by atoms with Crippen molar-refractivity contribution in [2.75, 3.05) is 40.9 Å². The van der Waals surface area contributed by atoms with Crippen LogP contribution in [0.5, 0.6) is 5.75 Å². The summed E-state index contributed by atoms with van der Waals surface area (Å²) in [6.07, 6.45) is 2.67. The zero-order chi connectivity index (χ0) is 20.1. The number of likely N-dealkylation sites (tertiary alicyclic amines) is 1. The molecule has 1 spiro atoms. The van der Waals surface area contributed by atoms with Gasteiger partial charge in [-0.05, 0) is 30.5 Å². The summed E-state index contributed by atoms with van der Waals surface area (Å²) in [5.41, 5.74) is 1.32. The van der Waals surface area contributed by atoms with Crippen molar-refractivity contribution in [1.29, 1.82) is 0 Å². The maximum absolute atomic E-state index is 12.0. The Bertz CT molecular complexity index is 786. The lowest BCUT2D eigenvalue weighted by Gasteiger charge is -2.40. The lowest BCUT2D eigenvalue weighted by atomic mass is 9.79. The van der Waals surface area contributed by atoms with E-state index in [4.69, 9.17) is 9.47 Å². The van der Waals surface area contributed by atoms with Gasteiger partial charge in [0.2, 0.25) is 5.91 Å². The SMILES string of the molecule is CN=C(NCc1ccc(OC)c(C(=O)OC)c1)N1CCCC2(CNC(=O)C2)C1.I. The highest BCUT2D eigenvalue weighted by molar-refractivity contribution is 14.0. The second kappa shape index (κ2) is 10.1. The zero-order valence-corrected chi connectivity index (χ0v) is 19.4. The first-order valence-electron chi connectivity index (χ1n) is 9.48. The molecule has 2 aliphatic rings. The number of aliphatic imine (C=N–C) groups is 1. The number of hydrogen-bond acceptors (Lipinski definition) is 5. The number of hydrogen-bond donors (Lipinski definition) is 2. The Morgan fingerprint density at radius 2 is 2.17 bits per heavy atom. The molecule has 29 heavy (non-hydrogen) atoms. The third-order valence-corrected chi connectivity index (χ3v) is 5.49. The molecule has 1 aromatic carbocycles. The predicted molar refractivity (Wildman–Crippen MR) is 121 cm³/mol. The first kappa shape index (κ1) is 23.2. The highest BCUT2D eigenvalue weighted by atomic mass is 127. The van der Waals surface area contributed by atoms with E-state index in [-0.39, 0.29) is 35.3 Å². The normalized spacial score (nSPS) is 21.4. The number of amides is 1. The Kier molecular flexibility index (Phi) is 8.12. The van der Waals surface area contributed by atoms with Gasteiger partial charge in [0, 0.05) is 45.1 Å². The summed E-state index contributed by atoms with van der Waals surface area (Å²) in [7, 11) is 4.63. The number of benzene rings is 1. The van der Waals surface area contributed by atoms with Crippen LogP contribution in [0.3, 0.4) is 0 Å². The number of halogens is 1. The van der Waals surface area contributed by atoms with Gasteiger partial charge in [0.1, 0.15) is 11.3 Å². The lowest BCUT2D eigenvalue weighted by molar-refractivity contribution is -0.119. The van der Waals surface area contributed by atoms with Crippen molar-refractivity contribution in [3.8, 4) is 5.75 Å². The van der Waals surface area contributed by atoms with E-state index in [9.17, 15) is 9.59 Å². The maximum Gasteiger partial charge on any atom is 0.341 e. The van der Waals surface area contributed by atoms with E-state index in [1.807, 2.05) is 6.07 Å². The number of methoxy groups -OCH3 is 2. The third kappa shape index (κ3) is 5.31. The van der Waals surface area contributed by atoms with Crippen LogP contribution < -0.4 is 15.4 Å². The van der Waals surface area contributed by atoms with E-state index in [0.717, 1.165) is 44.0 Å². The highest BCUT2D eigenvalue weighted by Crippen LogP contribution is 2.36. The first-order valence-corrected chi connectivity index (χ1v) is 9.48. The summed E-state index contributed by atoms with van der Waals surface area (Å²) in [6, 6.07) is 5.43. The minimum absolute atomic E-state index is 0. The summed E-state index contributed by atoms with van der Waals surface area (Å²) < 4.78 is 10.1. The topological polar surface area (TPSA) is 92.3 Å². The third-order valence-electron chi connectivity index (χ3n) is 5.49. The fourth-order valence-electron chi connectivity index (χ4n) is 4.08. The average molecular weight is 516 g/mol. The average Bonchev–Trinajstić information content (AvgIpc) is 3.07. The van der Waals surface area contributed by atoms with E-state index in [1.54, 1.807) is 19.2 Å². The number of rotatable bonds is 4. The number of piperidine rings is 1. The monoisotopic (exact) mass is 516 g/mol. The molecule has 2 saturated heterocycles. The summed E-state index contributed by atoms with van der Waals surface area (Å²) in [4.78, 5) is 30.3. The van der Waals surface area contributed by atoms with Gasteiger partial charge in [-0.2, -0.15) is 0 Å². The molecule has 0 saturated carbocycles. The van der Waals surface area contributed by atoms with Gasteiger partial charge in [-0.1, -0.05) is 6.07 Å². The molecule has 2 aliphatic heterocycles. The van der Waals surface area contributed by atoms with Gasteiger partial charge < -0.3 is 25.0 Å². The molecule has 2 N–H and O–H groups in total. The summed E-state index contributed by atoms with van der Waals surface area (Å²) >= 11 is 0. The number of guanidine groups is 1. The van der Waals surface area contributed by atoms with Crippen LogP contribution in [-0.2, 0) is 16.1 Å². The van der Waals surface area contributed by atoms with E-state index < -0.39 is 5.97 Å².